The molecule has 0 aliphatic carbocycles. The number of ether oxygens (including phenoxy) is 1. The van der Waals surface area contributed by atoms with Gasteiger partial charge in [-0.3, -0.25) is 15.1 Å². The van der Waals surface area contributed by atoms with Crippen LogP contribution in [0.1, 0.15) is 21.5 Å². The Morgan fingerprint density at radius 3 is 2.57 bits per heavy atom. The van der Waals surface area contributed by atoms with Gasteiger partial charge in [0.05, 0.1) is 18.1 Å². The number of pyridine rings is 1. The summed E-state index contributed by atoms with van der Waals surface area (Å²) in [5.41, 5.74) is 0.378. The first-order valence-electron chi connectivity index (χ1n) is 6.06. The van der Waals surface area contributed by atoms with Crippen molar-refractivity contribution in [2.24, 2.45) is 0 Å². The van der Waals surface area contributed by atoms with Crippen LogP contribution in [0, 0.1) is 10.1 Å². The van der Waals surface area contributed by atoms with Gasteiger partial charge in [0.15, 0.2) is 0 Å². The van der Waals surface area contributed by atoms with Gasteiger partial charge in [-0.15, -0.1) is 0 Å². The first-order valence-corrected chi connectivity index (χ1v) is 6.06. The number of aromatic nitrogens is 1. The topological polar surface area (TPSA) is 103 Å². The molecule has 21 heavy (non-hydrogen) atoms. The van der Waals surface area contributed by atoms with Crippen LogP contribution in [-0.2, 0) is 18.0 Å². The van der Waals surface area contributed by atoms with Gasteiger partial charge >= 0.3 is 5.97 Å². The van der Waals surface area contributed by atoms with Crippen molar-refractivity contribution in [3.8, 4) is 0 Å². The summed E-state index contributed by atoms with van der Waals surface area (Å²) in [6, 6.07) is 7.64. The maximum Gasteiger partial charge on any atom is 0.343 e. The predicted molar refractivity (Wildman–Crippen MR) is 72.8 cm³/mol. The monoisotopic (exact) mass is 288 g/mol. The Morgan fingerprint density at radius 1 is 1.24 bits per heavy atom. The first-order chi connectivity index (χ1) is 10.1. The van der Waals surface area contributed by atoms with Gasteiger partial charge in [0, 0.05) is 18.5 Å². The van der Waals surface area contributed by atoms with E-state index in [0.717, 1.165) is 11.6 Å². The predicted octanol–water partition coefficient (Wildman–Crippen LogP) is 2.40. The molecular weight excluding hydrogens is 276 g/mol. The summed E-state index contributed by atoms with van der Waals surface area (Å²) in [5, 5.41) is 20.0. The van der Waals surface area contributed by atoms with Crippen molar-refractivity contribution >= 4 is 11.7 Å². The van der Waals surface area contributed by atoms with Gasteiger partial charge in [-0.1, -0.05) is 12.1 Å². The molecule has 1 aromatic heterocycles. The first kappa shape index (κ1) is 14.6. The molecule has 2 rings (SSSR count). The third-order valence-electron chi connectivity index (χ3n) is 2.81. The number of aromatic carboxylic acids is 1. The van der Waals surface area contributed by atoms with Crippen LogP contribution in [0.5, 0.6) is 0 Å². The van der Waals surface area contributed by atoms with Gasteiger partial charge < -0.3 is 9.84 Å². The standard InChI is InChI=1S/C14H12N2O5/c17-14(18)13-11(2-1-3-12(13)16(19)20)9-21-8-10-4-6-15-7-5-10/h1-7H,8-9H2,(H,17,18). The SMILES string of the molecule is O=C(O)c1c(COCc2ccncc2)cccc1[N+](=O)[O-]. The highest BCUT2D eigenvalue weighted by Crippen LogP contribution is 2.23. The number of rotatable bonds is 6. The van der Waals surface area contributed by atoms with E-state index in [1.54, 1.807) is 24.5 Å². The van der Waals surface area contributed by atoms with Gasteiger partial charge in [-0.25, -0.2) is 4.79 Å². The largest absolute Gasteiger partial charge is 0.477 e. The lowest BCUT2D eigenvalue weighted by Gasteiger charge is -2.08. The van der Waals surface area contributed by atoms with E-state index < -0.39 is 16.6 Å². The Kier molecular flexibility index (Phi) is 4.57. The fourth-order valence-electron chi connectivity index (χ4n) is 1.86. The lowest BCUT2D eigenvalue weighted by atomic mass is 10.1. The zero-order valence-corrected chi connectivity index (χ0v) is 10.9. The van der Waals surface area contributed by atoms with Crippen LogP contribution in [0.2, 0.25) is 0 Å². The lowest BCUT2D eigenvalue weighted by Crippen LogP contribution is -2.08. The quantitative estimate of drug-likeness (QED) is 0.646. The molecule has 7 nitrogen and oxygen atoms in total. The van der Waals surface area contributed by atoms with Crippen LogP contribution in [0.3, 0.4) is 0 Å². The van der Waals surface area contributed by atoms with Crippen LogP contribution < -0.4 is 0 Å². The van der Waals surface area contributed by atoms with Crippen molar-refractivity contribution in [2.75, 3.05) is 0 Å². The highest BCUT2D eigenvalue weighted by atomic mass is 16.6. The van der Waals surface area contributed by atoms with Gasteiger partial charge in [-0.05, 0) is 23.3 Å². The number of carboxylic acid groups (broad SMARTS) is 1. The van der Waals surface area contributed by atoms with Crippen LogP contribution in [0.15, 0.2) is 42.7 Å². The number of hydrogen-bond acceptors (Lipinski definition) is 5. The molecule has 0 saturated heterocycles. The maximum absolute atomic E-state index is 11.2. The van der Waals surface area contributed by atoms with E-state index in [0.29, 0.717) is 0 Å². The highest BCUT2D eigenvalue weighted by Gasteiger charge is 2.23. The number of hydrogen-bond donors (Lipinski definition) is 1. The minimum absolute atomic E-state index is 0.0222. The van der Waals surface area contributed by atoms with Crippen molar-refractivity contribution in [1.29, 1.82) is 0 Å². The van der Waals surface area contributed by atoms with E-state index in [-0.39, 0.29) is 24.3 Å². The van der Waals surface area contributed by atoms with E-state index in [1.807, 2.05) is 0 Å². The molecule has 0 bridgehead atoms. The van der Waals surface area contributed by atoms with E-state index in [1.165, 1.54) is 12.1 Å². The molecule has 0 aliphatic rings. The molecule has 0 atom stereocenters. The van der Waals surface area contributed by atoms with E-state index >= 15 is 0 Å². The molecule has 0 saturated carbocycles. The maximum atomic E-state index is 11.2. The van der Waals surface area contributed by atoms with Gasteiger partial charge in [-0.2, -0.15) is 0 Å². The summed E-state index contributed by atoms with van der Waals surface area (Å²) in [5.74, 6) is -1.34. The van der Waals surface area contributed by atoms with E-state index in [4.69, 9.17) is 9.84 Å². The fraction of sp³-hybridized carbons (Fsp3) is 0.143. The lowest BCUT2D eigenvalue weighted by molar-refractivity contribution is -0.385. The Balaban J connectivity index is 2.14. The Hall–Kier alpha value is -2.80. The van der Waals surface area contributed by atoms with Crippen LogP contribution in [0.25, 0.3) is 0 Å². The van der Waals surface area contributed by atoms with Gasteiger partial charge in [0.25, 0.3) is 5.69 Å². The fourth-order valence-corrected chi connectivity index (χ4v) is 1.86. The third kappa shape index (κ3) is 3.61. The Bertz CT molecular complexity index is 658. The molecule has 0 aliphatic heterocycles. The van der Waals surface area contributed by atoms with Crippen LogP contribution in [-0.4, -0.2) is 21.0 Å². The van der Waals surface area contributed by atoms with Crippen LogP contribution in [0.4, 0.5) is 5.69 Å². The van der Waals surface area contributed by atoms with E-state index in [2.05, 4.69) is 4.98 Å². The van der Waals surface area contributed by atoms with Crippen LogP contribution >= 0.6 is 0 Å². The summed E-state index contributed by atoms with van der Waals surface area (Å²) < 4.78 is 5.42. The highest BCUT2D eigenvalue weighted by molar-refractivity contribution is 5.94. The average Bonchev–Trinajstić information content (AvgIpc) is 2.47. The van der Waals surface area contributed by atoms with Gasteiger partial charge in [0.1, 0.15) is 5.56 Å². The average molecular weight is 288 g/mol. The second-order valence-corrected chi connectivity index (χ2v) is 4.22. The molecule has 2 aromatic rings. The molecular formula is C14H12N2O5. The molecule has 1 aromatic carbocycles. The molecule has 0 unspecified atom stereocenters. The number of nitro groups is 1. The zero-order chi connectivity index (χ0) is 15.2. The normalized spacial score (nSPS) is 10.3. The summed E-state index contributed by atoms with van der Waals surface area (Å²) in [4.78, 5) is 25.2. The smallest absolute Gasteiger partial charge is 0.343 e. The van der Waals surface area contributed by atoms with Crippen molar-refractivity contribution < 1.29 is 19.6 Å². The summed E-state index contributed by atoms with van der Waals surface area (Å²) >= 11 is 0. The molecule has 1 N–H and O–H groups in total. The molecule has 0 fully saturated rings. The van der Waals surface area contributed by atoms with Crippen molar-refractivity contribution in [2.45, 2.75) is 13.2 Å². The van der Waals surface area contributed by atoms with Gasteiger partial charge in [0.2, 0.25) is 0 Å². The second-order valence-electron chi connectivity index (χ2n) is 4.22. The number of nitro benzene ring substituents is 1. The van der Waals surface area contributed by atoms with E-state index in [9.17, 15) is 14.9 Å². The zero-order valence-electron chi connectivity index (χ0n) is 10.9. The van der Waals surface area contributed by atoms with Crippen molar-refractivity contribution in [3.05, 3.63) is 69.5 Å². The molecule has 7 heteroatoms. The summed E-state index contributed by atoms with van der Waals surface area (Å²) in [7, 11) is 0. The molecule has 108 valence electrons. The molecule has 0 amide bonds. The number of nitrogens with zero attached hydrogens (tertiary/aromatic N) is 2. The second kappa shape index (κ2) is 6.58. The summed E-state index contributed by atoms with van der Waals surface area (Å²) in [6.45, 7) is 0.246. The minimum atomic E-state index is -1.34. The van der Waals surface area contributed by atoms with Crippen molar-refractivity contribution in [3.63, 3.8) is 0 Å². The third-order valence-corrected chi connectivity index (χ3v) is 2.81. The minimum Gasteiger partial charge on any atom is -0.477 e. The number of carboxylic acids is 1. The Morgan fingerprint density at radius 2 is 1.95 bits per heavy atom. The molecule has 1 heterocycles. The molecule has 0 radical (unpaired) electrons. The molecule has 0 spiro atoms. The summed E-state index contributed by atoms with van der Waals surface area (Å²) in [6.07, 6.45) is 3.24. The Labute approximate surface area is 120 Å². The number of carbonyl (C=O) groups is 1. The number of benzene rings is 1. The van der Waals surface area contributed by atoms with Crippen molar-refractivity contribution in [1.82, 2.24) is 4.98 Å².